The molecule has 5 heteroatoms. The fourth-order valence-electron chi connectivity index (χ4n) is 2.69. The van der Waals surface area contributed by atoms with Crippen LogP contribution in [0.5, 0.6) is 0 Å². The quantitative estimate of drug-likeness (QED) is 0.735. The summed E-state index contributed by atoms with van der Waals surface area (Å²) in [6, 6.07) is 7.97. The van der Waals surface area contributed by atoms with Gasteiger partial charge in [0.2, 0.25) is 5.91 Å². The molecule has 0 spiro atoms. The van der Waals surface area contributed by atoms with E-state index in [-0.39, 0.29) is 5.91 Å². The average molecular weight is 291 g/mol. The first-order chi connectivity index (χ1) is 10.2. The highest BCUT2D eigenvalue weighted by Crippen LogP contribution is 2.19. The Bertz CT molecular complexity index is 457. The summed E-state index contributed by atoms with van der Waals surface area (Å²) in [7, 11) is 0. The number of carbonyl (C=O) groups excluding carboxylic acids is 1. The number of amides is 1. The molecule has 1 aliphatic rings. The smallest absolute Gasteiger partial charge is 0.225 e. The van der Waals surface area contributed by atoms with E-state index < -0.39 is 0 Å². The standard InChI is InChI=1S/C16H25N3O2/c17-7-4-16(21)18-15-3-1-2-14(10-15)11-19-8-5-13(12-20)6-9-19/h1-3,10,13,20H,4-9,11-12,17H2,(H,18,21). The third-order valence-electron chi connectivity index (χ3n) is 3.95. The minimum Gasteiger partial charge on any atom is -0.396 e. The van der Waals surface area contributed by atoms with Gasteiger partial charge in [-0.3, -0.25) is 9.69 Å². The number of carbonyl (C=O) groups is 1. The topological polar surface area (TPSA) is 78.6 Å². The molecule has 116 valence electrons. The van der Waals surface area contributed by atoms with E-state index in [0.29, 0.717) is 25.5 Å². The van der Waals surface area contributed by atoms with Crippen molar-refractivity contribution >= 4 is 11.6 Å². The molecule has 1 aromatic carbocycles. The summed E-state index contributed by atoms with van der Waals surface area (Å²) in [6.07, 6.45) is 2.46. The molecule has 21 heavy (non-hydrogen) atoms. The van der Waals surface area contributed by atoms with Crippen LogP contribution in [0.1, 0.15) is 24.8 Å². The summed E-state index contributed by atoms with van der Waals surface area (Å²) in [4.78, 5) is 14.0. The van der Waals surface area contributed by atoms with Crippen LogP contribution in [-0.2, 0) is 11.3 Å². The van der Waals surface area contributed by atoms with E-state index in [1.54, 1.807) is 0 Å². The normalized spacial score (nSPS) is 16.9. The van der Waals surface area contributed by atoms with Gasteiger partial charge in [0.15, 0.2) is 0 Å². The van der Waals surface area contributed by atoms with Gasteiger partial charge in [-0.1, -0.05) is 12.1 Å². The number of nitrogens with one attached hydrogen (secondary N) is 1. The van der Waals surface area contributed by atoms with Crippen LogP contribution in [0, 0.1) is 5.92 Å². The van der Waals surface area contributed by atoms with E-state index in [0.717, 1.165) is 38.2 Å². The highest BCUT2D eigenvalue weighted by molar-refractivity contribution is 5.90. The van der Waals surface area contributed by atoms with Crippen LogP contribution < -0.4 is 11.1 Å². The Balaban J connectivity index is 1.88. The molecule has 0 atom stereocenters. The lowest BCUT2D eigenvalue weighted by molar-refractivity contribution is -0.116. The second kappa shape index (κ2) is 8.12. The number of benzene rings is 1. The van der Waals surface area contributed by atoms with Gasteiger partial charge in [0, 0.05) is 31.8 Å². The minimum absolute atomic E-state index is 0.0431. The number of nitrogens with two attached hydrogens (primary N) is 1. The van der Waals surface area contributed by atoms with Crippen molar-refractivity contribution in [2.24, 2.45) is 11.7 Å². The first-order valence-electron chi connectivity index (χ1n) is 7.63. The third kappa shape index (κ3) is 5.12. The zero-order valence-electron chi connectivity index (χ0n) is 12.4. The number of aliphatic hydroxyl groups excluding tert-OH is 1. The van der Waals surface area contributed by atoms with Gasteiger partial charge >= 0.3 is 0 Å². The fourth-order valence-corrected chi connectivity index (χ4v) is 2.69. The molecule has 5 nitrogen and oxygen atoms in total. The molecule has 0 aliphatic carbocycles. The molecule has 1 heterocycles. The van der Waals surface area contributed by atoms with Crippen molar-refractivity contribution in [3.05, 3.63) is 29.8 Å². The first kappa shape index (κ1) is 15.9. The van der Waals surface area contributed by atoms with Crippen LogP contribution in [0.2, 0.25) is 0 Å². The van der Waals surface area contributed by atoms with E-state index in [2.05, 4.69) is 16.3 Å². The maximum absolute atomic E-state index is 11.6. The number of rotatable bonds is 6. The van der Waals surface area contributed by atoms with Crippen LogP contribution in [0.25, 0.3) is 0 Å². The number of aliphatic hydroxyl groups is 1. The van der Waals surface area contributed by atoms with E-state index in [4.69, 9.17) is 10.8 Å². The zero-order valence-corrected chi connectivity index (χ0v) is 12.4. The molecule has 0 aromatic heterocycles. The monoisotopic (exact) mass is 291 g/mol. The second-order valence-electron chi connectivity index (χ2n) is 5.69. The van der Waals surface area contributed by atoms with Crippen LogP contribution in [0.4, 0.5) is 5.69 Å². The third-order valence-corrected chi connectivity index (χ3v) is 3.95. The lowest BCUT2D eigenvalue weighted by atomic mass is 9.97. The zero-order chi connectivity index (χ0) is 15.1. The Labute approximate surface area is 126 Å². The van der Waals surface area contributed by atoms with Gasteiger partial charge in [-0.25, -0.2) is 0 Å². The lowest BCUT2D eigenvalue weighted by Gasteiger charge is -2.31. The van der Waals surface area contributed by atoms with E-state index >= 15 is 0 Å². The van der Waals surface area contributed by atoms with Gasteiger partial charge in [-0.05, 0) is 49.5 Å². The summed E-state index contributed by atoms with van der Waals surface area (Å²) in [5.74, 6) is 0.418. The van der Waals surface area contributed by atoms with Crippen molar-refractivity contribution in [2.45, 2.75) is 25.8 Å². The number of anilines is 1. The minimum atomic E-state index is -0.0431. The van der Waals surface area contributed by atoms with Gasteiger partial charge < -0.3 is 16.2 Å². The molecule has 0 bridgehead atoms. The molecule has 0 radical (unpaired) electrons. The summed E-state index contributed by atoms with van der Waals surface area (Å²) in [5, 5.41) is 12.0. The number of hydrogen-bond donors (Lipinski definition) is 3. The Morgan fingerprint density at radius 2 is 2.14 bits per heavy atom. The molecular weight excluding hydrogens is 266 g/mol. The lowest BCUT2D eigenvalue weighted by Crippen LogP contribution is -2.34. The molecule has 1 aliphatic heterocycles. The Morgan fingerprint density at radius 1 is 1.38 bits per heavy atom. The van der Waals surface area contributed by atoms with Gasteiger partial charge in [0.1, 0.15) is 0 Å². The predicted molar refractivity (Wildman–Crippen MR) is 83.8 cm³/mol. The van der Waals surface area contributed by atoms with Crippen LogP contribution in [0.15, 0.2) is 24.3 Å². The Hall–Kier alpha value is -1.43. The van der Waals surface area contributed by atoms with Crippen molar-refractivity contribution < 1.29 is 9.90 Å². The molecule has 2 rings (SSSR count). The number of likely N-dealkylation sites (tertiary alicyclic amines) is 1. The van der Waals surface area contributed by atoms with Gasteiger partial charge in [-0.2, -0.15) is 0 Å². The molecular formula is C16H25N3O2. The summed E-state index contributed by atoms with van der Waals surface area (Å²) < 4.78 is 0. The number of piperidine rings is 1. The second-order valence-corrected chi connectivity index (χ2v) is 5.69. The van der Waals surface area contributed by atoms with E-state index in [1.807, 2.05) is 18.2 Å². The number of hydrogen-bond acceptors (Lipinski definition) is 4. The summed E-state index contributed by atoms with van der Waals surface area (Å²) in [5.41, 5.74) is 7.40. The molecule has 1 saturated heterocycles. The fraction of sp³-hybridized carbons (Fsp3) is 0.562. The molecule has 1 aromatic rings. The highest BCUT2D eigenvalue weighted by Gasteiger charge is 2.18. The molecule has 1 fully saturated rings. The first-order valence-corrected chi connectivity index (χ1v) is 7.63. The van der Waals surface area contributed by atoms with Gasteiger partial charge in [0.25, 0.3) is 0 Å². The van der Waals surface area contributed by atoms with Crippen LogP contribution >= 0.6 is 0 Å². The Kier molecular flexibility index (Phi) is 6.17. The summed E-state index contributed by atoms with van der Waals surface area (Å²) in [6.45, 7) is 3.60. The molecule has 0 unspecified atom stereocenters. The predicted octanol–water partition coefficient (Wildman–Crippen LogP) is 1.18. The average Bonchev–Trinajstić information content (AvgIpc) is 2.48. The Morgan fingerprint density at radius 3 is 2.81 bits per heavy atom. The van der Waals surface area contributed by atoms with Crippen LogP contribution in [-0.4, -0.2) is 42.2 Å². The summed E-state index contributed by atoms with van der Waals surface area (Å²) >= 11 is 0. The van der Waals surface area contributed by atoms with Gasteiger partial charge in [0.05, 0.1) is 0 Å². The van der Waals surface area contributed by atoms with Gasteiger partial charge in [-0.15, -0.1) is 0 Å². The van der Waals surface area contributed by atoms with Crippen molar-refractivity contribution in [3.63, 3.8) is 0 Å². The largest absolute Gasteiger partial charge is 0.396 e. The van der Waals surface area contributed by atoms with E-state index in [9.17, 15) is 4.79 Å². The van der Waals surface area contributed by atoms with Crippen molar-refractivity contribution in [3.8, 4) is 0 Å². The highest BCUT2D eigenvalue weighted by atomic mass is 16.3. The maximum atomic E-state index is 11.6. The number of nitrogens with zero attached hydrogens (tertiary/aromatic N) is 1. The SMILES string of the molecule is NCCC(=O)Nc1cccc(CN2CCC(CO)CC2)c1. The van der Waals surface area contributed by atoms with Crippen molar-refractivity contribution in [2.75, 3.05) is 31.6 Å². The molecule has 4 N–H and O–H groups in total. The van der Waals surface area contributed by atoms with Crippen LogP contribution in [0.3, 0.4) is 0 Å². The van der Waals surface area contributed by atoms with Crippen molar-refractivity contribution in [1.82, 2.24) is 4.90 Å². The maximum Gasteiger partial charge on any atom is 0.225 e. The van der Waals surface area contributed by atoms with Crippen molar-refractivity contribution in [1.29, 1.82) is 0 Å². The molecule has 1 amide bonds. The molecule has 0 saturated carbocycles. The van der Waals surface area contributed by atoms with E-state index in [1.165, 1.54) is 5.56 Å².